The van der Waals surface area contributed by atoms with Crippen LogP contribution in [-0.2, 0) is 11.2 Å². The smallest absolute Gasteiger partial charge is 0.257 e. The van der Waals surface area contributed by atoms with Crippen molar-refractivity contribution in [3.05, 3.63) is 29.6 Å². The van der Waals surface area contributed by atoms with Gasteiger partial charge in [0, 0.05) is 6.54 Å². The lowest BCUT2D eigenvalue weighted by Crippen LogP contribution is -2.29. The summed E-state index contributed by atoms with van der Waals surface area (Å²) in [6.45, 7) is 2.97. The van der Waals surface area contributed by atoms with Gasteiger partial charge in [-0.15, -0.1) is 0 Å². The van der Waals surface area contributed by atoms with E-state index in [1.165, 1.54) is 12.1 Å². The number of amides is 1. The summed E-state index contributed by atoms with van der Waals surface area (Å²) in [6, 6.07) is 4.66. The lowest BCUT2D eigenvalue weighted by atomic mass is 10.1. The fraction of sp³-hybridized carbons (Fsp3) is 0.500. The van der Waals surface area contributed by atoms with E-state index in [9.17, 15) is 9.18 Å². The van der Waals surface area contributed by atoms with Gasteiger partial charge >= 0.3 is 0 Å². The summed E-state index contributed by atoms with van der Waals surface area (Å²) >= 11 is 0. The van der Waals surface area contributed by atoms with Gasteiger partial charge in [-0.2, -0.15) is 0 Å². The van der Waals surface area contributed by atoms with Gasteiger partial charge in [0.2, 0.25) is 0 Å². The monoisotopic (exact) mass is 268 g/mol. The first-order chi connectivity index (χ1) is 9.17. The number of nitrogens with one attached hydrogen (secondary N) is 1. The van der Waals surface area contributed by atoms with Crippen LogP contribution >= 0.6 is 0 Å². The molecular formula is C14H21FN2O2. The first-order valence-electron chi connectivity index (χ1n) is 6.55. The highest BCUT2D eigenvalue weighted by Gasteiger charge is 2.07. The second kappa shape index (κ2) is 8.48. The molecule has 5 heteroatoms. The van der Waals surface area contributed by atoms with Crippen LogP contribution in [0.4, 0.5) is 4.39 Å². The molecular weight excluding hydrogens is 247 g/mol. The summed E-state index contributed by atoms with van der Waals surface area (Å²) in [5.74, 6) is -0.613. The molecule has 0 saturated heterocycles. The van der Waals surface area contributed by atoms with E-state index < -0.39 is 5.82 Å². The Labute approximate surface area is 113 Å². The maximum atomic E-state index is 13.6. The Hall–Kier alpha value is -1.62. The van der Waals surface area contributed by atoms with Gasteiger partial charge in [0.1, 0.15) is 0 Å². The summed E-state index contributed by atoms with van der Waals surface area (Å²) < 4.78 is 18.8. The highest BCUT2D eigenvalue weighted by atomic mass is 19.1. The minimum atomic E-state index is -0.465. The number of halogens is 1. The van der Waals surface area contributed by atoms with Crippen molar-refractivity contribution in [2.45, 2.75) is 26.2 Å². The quantitative estimate of drug-likeness (QED) is 0.704. The predicted molar refractivity (Wildman–Crippen MR) is 72.6 cm³/mol. The van der Waals surface area contributed by atoms with Gasteiger partial charge in [0.25, 0.3) is 5.91 Å². The van der Waals surface area contributed by atoms with Gasteiger partial charge in [-0.25, -0.2) is 4.39 Å². The molecule has 0 spiro atoms. The second-order valence-electron chi connectivity index (χ2n) is 4.30. The summed E-state index contributed by atoms with van der Waals surface area (Å²) in [7, 11) is 0. The molecule has 0 unspecified atom stereocenters. The molecule has 1 aromatic rings. The van der Waals surface area contributed by atoms with E-state index in [2.05, 4.69) is 5.32 Å². The fourth-order valence-corrected chi connectivity index (χ4v) is 1.58. The molecule has 19 heavy (non-hydrogen) atoms. The molecule has 4 nitrogen and oxygen atoms in total. The van der Waals surface area contributed by atoms with Gasteiger partial charge in [-0.3, -0.25) is 4.79 Å². The number of rotatable bonds is 8. The topological polar surface area (TPSA) is 64.3 Å². The van der Waals surface area contributed by atoms with Crippen LogP contribution in [0.1, 0.15) is 25.3 Å². The van der Waals surface area contributed by atoms with E-state index in [1.807, 2.05) is 6.92 Å². The largest absolute Gasteiger partial charge is 0.481 e. The van der Waals surface area contributed by atoms with Crippen LogP contribution in [0, 0.1) is 5.82 Å². The molecule has 0 aliphatic heterocycles. The molecule has 3 N–H and O–H groups in total. The molecule has 0 saturated carbocycles. The van der Waals surface area contributed by atoms with Crippen molar-refractivity contribution in [2.75, 3.05) is 19.7 Å². The number of benzene rings is 1. The van der Waals surface area contributed by atoms with Crippen molar-refractivity contribution < 1.29 is 13.9 Å². The average molecular weight is 268 g/mol. The Morgan fingerprint density at radius 3 is 2.89 bits per heavy atom. The van der Waals surface area contributed by atoms with E-state index in [1.54, 1.807) is 6.07 Å². The Bertz CT molecular complexity index is 410. The molecule has 1 aromatic carbocycles. The van der Waals surface area contributed by atoms with E-state index in [0.29, 0.717) is 19.5 Å². The van der Waals surface area contributed by atoms with Crippen molar-refractivity contribution in [1.82, 2.24) is 5.32 Å². The third kappa shape index (κ3) is 5.70. The van der Waals surface area contributed by atoms with Crippen molar-refractivity contribution in [1.29, 1.82) is 0 Å². The van der Waals surface area contributed by atoms with Gasteiger partial charge in [-0.1, -0.05) is 19.4 Å². The van der Waals surface area contributed by atoms with E-state index in [-0.39, 0.29) is 18.3 Å². The Kier molecular flexibility index (Phi) is 6.89. The minimum absolute atomic E-state index is 0.0893. The number of carbonyl (C=O) groups is 1. The third-order valence-corrected chi connectivity index (χ3v) is 2.64. The maximum Gasteiger partial charge on any atom is 0.257 e. The molecule has 1 rings (SSSR count). The van der Waals surface area contributed by atoms with E-state index in [0.717, 1.165) is 18.4 Å². The number of carbonyl (C=O) groups excluding carboxylic acids is 1. The summed E-state index contributed by atoms with van der Waals surface area (Å²) in [5, 5.41) is 2.70. The van der Waals surface area contributed by atoms with Crippen LogP contribution in [0.5, 0.6) is 5.75 Å². The molecule has 0 aliphatic carbocycles. The molecule has 106 valence electrons. The van der Waals surface area contributed by atoms with Crippen LogP contribution in [0.25, 0.3) is 0 Å². The number of unbranched alkanes of at least 4 members (excludes halogenated alkanes) is 1. The summed E-state index contributed by atoms with van der Waals surface area (Å²) in [6.07, 6.45) is 2.56. The van der Waals surface area contributed by atoms with Crippen molar-refractivity contribution in [3.8, 4) is 5.75 Å². The van der Waals surface area contributed by atoms with Crippen LogP contribution in [-0.4, -0.2) is 25.6 Å². The summed E-state index contributed by atoms with van der Waals surface area (Å²) in [4.78, 5) is 11.4. The molecule has 1 amide bonds. The standard InChI is InChI=1S/C14H21FN2O2/c1-2-3-8-17-14(18)10-19-13-5-4-11(6-7-16)9-12(13)15/h4-5,9H,2-3,6-8,10,16H2,1H3,(H,17,18). The van der Waals surface area contributed by atoms with Gasteiger partial charge in [0.05, 0.1) is 0 Å². The van der Waals surface area contributed by atoms with E-state index >= 15 is 0 Å². The number of hydrogen-bond donors (Lipinski definition) is 2. The summed E-state index contributed by atoms with van der Waals surface area (Å²) in [5.41, 5.74) is 6.22. The Balaban J connectivity index is 2.42. The zero-order valence-electron chi connectivity index (χ0n) is 11.2. The van der Waals surface area contributed by atoms with Gasteiger partial charge in [0.15, 0.2) is 18.2 Å². The maximum absolute atomic E-state index is 13.6. The first-order valence-corrected chi connectivity index (χ1v) is 6.55. The molecule has 0 aromatic heterocycles. The number of hydrogen-bond acceptors (Lipinski definition) is 3. The Morgan fingerprint density at radius 2 is 2.26 bits per heavy atom. The normalized spacial score (nSPS) is 10.3. The highest BCUT2D eigenvalue weighted by molar-refractivity contribution is 5.77. The zero-order valence-corrected chi connectivity index (χ0v) is 11.2. The van der Waals surface area contributed by atoms with Gasteiger partial charge < -0.3 is 15.8 Å². The number of ether oxygens (including phenoxy) is 1. The predicted octanol–water partition coefficient (Wildman–Crippen LogP) is 1.62. The molecule has 0 aliphatic rings. The molecule has 0 atom stereocenters. The molecule has 0 fully saturated rings. The number of nitrogens with two attached hydrogens (primary N) is 1. The van der Waals surface area contributed by atoms with Crippen molar-refractivity contribution in [3.63, 3.8) is 0 Å². The highest BCUT2D eigenvalue weighted by Crippen LogP contribution is 2.18. The second-order valence-corrected chi connectivity index (χ2v) is 4.30. The molecule has 0 radical (unpaired) electrons. The minimum Gasteiger partial charge on any atom is -0.481 e. The SMILES string of the molecule is CCCCNC(=O)COc1ccc(CCN)cc1F. The lowest BCUT2D eigenvalue weighted by molar-refractivity contribution is -0.123. The van der Waals surface area contributed by atoms with Crippen LogP contribution in [0.2, 0.25) is 0 Å². The molecule has 0 bridgehead atoms. The van der Waals surface area contributed by atoms with Crippen LogP contribution in [0.3, 0.4) is 0 Å². The first kappa shape index (κ1) is 15.4. The van der Waals surface area contributed by atoms with Crippen LogP contribution in [0.15, 0.2) is 18.2 Å². The molecule has 0 heterocycles. The Morgan fingerprint density at radius 1 is 1.47 bits per heavy atom. The van der Waals surface area contributed by atoms with Crippen molar-refractivity contribution >= 4 is 5.91 Å². The average Bonchev–Trinajstić information content (AvgIpc) is 2.38. The fourth-order valence-electron chi connectivity index (χ4n) is 1.58. The van der Waals surface area contributed by atoms with E-state index in [4.69, 9.17) is 10.5 Å². The lowest BCUT2D eigenvalue weighted by Gasteiger charge is -2.09. The van der Waals surface area contributed by atoms with Crippen molar-refractivity contribution in [2.24, 2.45) is 5.73 Å². The van der Waals surface area contributed by atoms with Crippen LogP contribution < -0.4 is 15.8 Å². The van der Waals surface area contributed by atoms with Gasteiger partial charge in [-0.05, 0) is 37.1 Å². The zero-order chi connectivity index (χ0) is 14.1. The third-order valence-electron chi connectivity index (χ3n) is 2.64.